The normalized spacial score (nSPS) is 32.2. The highest BCUT2D eigenvalue weighted by Crippen LogP contribution is 2.64. The second-order valence-electron chi connectivity index (χ2n) is 17.0. The first-order chi connectivity index (χ1) is 28.8. The third-order valence-electron chi connectivity index (χ3n) is 13.2. The lowest BCUT2D eigenvalue weighted by molar-refractivity contribution is -0.346. The number of ketones is 1. The van der Waals surface area contributed by atoms with Crippen molar-refractivity contribution < 1.29 is 72.2 Å². The number of amides is 1. The highest BCUT2D eigenvalue weighted by Gasteiger charge is 2.78. The van der Waals surface area contributed by atoms with Crippen LogP contribution in [0.5, 0.6) is 0 Å². The summed E-state index contributed by atoms with van der Waals surface area (Å²) < 4.78 is 35.4. The van der Waals surface area contributed by atoms with Crippen molar-refractivity contribution in [1.29, 1.82) is 0 Å². The average molecular weight is 844 g/mol. The first-order valence-electron chi connectivity index (χ1n) is 20.0. The van der Waals surface area contributed by atoms with Crippen molar-refractivity contribution in [3.63, 3.8) is 0 Å². The minimum absolute atomic E-state index is 0.0133. The summed E-state index contributed by atoms with van der Waals surface area (Å²) in [5.74, 6) is -7.15. The molecule has 1 amide bonds. The Morgan fingerprint density at radius 2 is 1.54 bits per heavy atom. The van der Waals surface area contributed by atoms with Gasteiger partial charge in [0.15, 0.2) is 29.4 Å². The predicted octanol–water partition coefficient (Wildman–Crippen LogP) is 3.33. The van der Waals surface area contributed by atoms with Crippen molar-refractivity contribution in [3.05, 3.63) is 107 Å². The number of hydrogen-bond acceptors (Lipinski definition) is 15. The molecule has 3 aliphatic carbocycles. The van der Waals surface area contributed by atoms with Crippen LogP contribution in [0.3, 0.4) is 0 Å². The minimum Gasteiger partial charge on any atom is -0.459 e. The standard InChI is InChI=1S/C45H49NO15/c1-23-29(59-41(54)34(50)33(26-14-9-7-10-15-26)46-39(52)28-18-13-19-56-28)21-45(55)38(60-40(53)27-16-11-8-12-17-27)36-43(6,30(49)20-31-44(36,22-57-31)61-25(3)48)37(51)35(58-24(2)47)32(23)42(45,4)5/h7-19,29-31,33-36,38,49-50,55H,20-22H2,1-6H3,(H,46,52)/t29-,30-,31?,33+,34+,35+,36-,38-,43+,44-,45+/m0/s1. The molecule has 16 heteroatoms. The number of carbonyl (C=O) groups is 6. The maximum absolute atomic E-state index is 15.5. The molecule has 2 bridgehead atoms. The SMILES string of the molecule is CC(=O)O[C@H]1C(=O)[C@]2(C)[C@@H](O)CC3OC[C@@]3(OC(C)=O)[C@H]2[C@H](OC(=O)c2ccccc2)[C@]2(O)C[C@H](OC(=O)[C@H](O)[C@H](NC(=O)c3ccco3)c3ccccc3)C(C)=C1C2(C)C. The van der Waals surface area contributed by atoms with E-state index < -0.39 is 113 Å². The van der Waals surface area contributed by atoms with Crippen LogP contribution in [-0.4, -0.2) is 105 Å². The van der Waals surface area contributed by atoms with Crippen molar-refractivity contribution >= 4 is 35.6 Å². The van der Waals surface area contributed by atoms with Crippen molar-refractivity contribution in [1.82, 2.24) is 5.32 Å². The van der Waals surface area contributed by atoms with E-state index in [1.165, 1.54) is 44.4 Å². The van der Waals surface area contributed by atoms with E-state index in [0.29, 0.717) is 5.56 Å². The number of nitrogens with one attached hydrogen (secondary N) is 1. The van der Waals surface area contributed by atoms with Crippen LogP contribution in [0.1, 0.15) is 86.9 Å². The van der Waals surface area contributed by atoms with Gasteiger partial charge < -0.3 is 48.7 Å². The van der Waals surface area contributed by atoms with Crippen LogP contribution < -0.4 is 5.32 Å². The maximum atomic E-state index is 15.5. The number of rotatable bonds is 10. The molecule has 1 aliphatic heterocycles. The highest BCUT2D eigenvalue weighted by molar-refractivity contribution is 5.96. The van der Waals surface area contributed by atoms with E-state index in [4.69, 9.17) is 28.1 Å². The lowest BCUT2D eigenvalue weighted by Gasteiger charge is -2.67. The Hall–Kier alpha value is -5.68. The number of esters is 4. The molecule has 2 saturated carbocycles. The van der Waals surface area contributed by atoms with Gasteiger partial charge in [0.1, 0.15) is 23.9 Å². The second-order valence-corrected chi connectivity index (χ2v) is 17.0. The Kier molecular flexibility index (Phi) is 11.4. The van der Waals surface area contributed by atoms with Gasteiger partial charge in [0.2, 0.25) is 0 Å². The lowest BCUT2D eigenvalue weighted by atomic mass is 9.44. The molecular weight excluding hydrogens is 794 g/mol. The Bertz CT molecular complexity index is 2240. The zero-order valence-corrected chi connectivity index (χ0v) is 34.5. The molecule has 3 aromatic rings. The van der Waals surface area contributed by atoms with E-state index in [2.05, 4.69) is 5.32 Å². The molecule has 1 unspecified atom stereocenters. The third kappa shape index (κ3) is 7.14. The van der Waals surface area contributed by atoms with Crippen molar-refractivity contribution in [2.45, 2.75) is 108 Å². The number of benzene rings is 2. The number of aliphatic hydroxyl groups is 3. The molecule has 11 atom stereocenters. The molecule has 3 fully saturated rings. The molecule has 1 aromatic heterocycles. The van der Waals surface area contributed by atoms with Gasteiger partial charge in [-0.25, -0.2) is 9.59 Å². The molecule has 0 radical (unpaired) electrons. The van der Waals surface area contributed by atoms with Gasteiger partial charge in [-0.3, -0.25) is 19.2 Å². The van der Waals surface area contributed by atoms with Gasteiger partial charge >= 0.3 is 23.9 Å². The summed E-state index contributed by atoms with van der Waals surface area (Å²) in [5.41, 5.74) is -7.37. The van der Waals surface area contributed by atoms with Crippen LogP contribution in [0.2, 0.25) is 0 Å². The molecule has 324 valence electrons. The topological polar surface area (TPSA) is 234 Å². The monoisotopic (exact) mass is 843 g/mol. The summed E-state index contributed by atoms with van der Waals surface area (Å²) in [6, 6.07) is 17.5. The number of Topliss-reactive ketones (excluding diaryl/α,β-unsaturated/α-hetero) is 1. The predicted molar refractivity (Wildman–Crippen MR) is 210 cm³/mol. The summed E-state index contributed by atoms with van der Waals surface area (Å²) >= 11 is 0. The van der Waals surface area contributed by atoms with E-state index in [0.717, 1.165) is 13.8 Å². The second kappa shape index (κ2) is 16.0. The molecule has 2 aromatic carbocycles. The fourth-order valence-electron chi connectivity index (χ4n) is 9.99. The van der Waals surface area contributed by atoms with Crippen LogP contribution in [0.4, 0.5) is 0 Å². The Morgan fingerprint density at radius 1 is 0.885 bits per heavy atom. The highest BCUT2D eigenvalue weighted by atomic mass is 16.6. The van der Waals surface area contributed by atoms with E-state index in [-0.39, 0.29) is 35.5 Å². The third-order valence-corrected chi connectivity index (χ3v) is 13.2. The van der Waals surface area contributed by atoms with Gasteiger partial charge in [-0.05, 0) is 54.8 Å². The molecule has 61 heavy (non-hydrogen) atoms. The zero-order chi connectivity index (χ0) is 44.2. The van der Waals surface area contributed by atoms with Gasteiger partial charge in [0.05, 0.1) is 41.9 Å². The summed E-state index contributed by atoms with van der Waals surface area (Å²) in [4.78, 5) is 83.1. The van der Waals surface area contributed by atoms with Crippen LogP contribution >= 0.6 is 0 Å². The summed E-state index contributed by atoms with van der Waals surface area (Å²) in [5, 5.41) is 40.0. The van der Waals surface area contributed by atoms with Gasteiger partial charge in [-0.15, -0.1) is 0 Å². The number of furan rings is 1. The molecule has 0 spiro atoms. The number of hydrogen-bond donors (Lipinski definition) is 4. The molecular formula is C45H49NO15. The fraction of sp³-hybridized carbons (Fsp3) is 0.467. The van der Waals surface area contributed by atoms with Gasteiger partial charge in [0, 0.05) is 32.1 Å². The summed E-state index contributed by atoms with van der Waals surface area (Å²) in [6.07, 6.45) is -9.31. The molecule has 4 N–H and O–H groups in total. The number of aliphatic hydroxyl groups excluding tert-OH is 2. The number of carbonyl (C=O) groups excluding carboxylic acids is 6. The van der Waals surface area contributed by atoms with Crippen LogP contribution in [0.25, 0.3) is 0 Å². The quantitative estimate of drug-likeness (QED) is 0.130. The molecule has 7 rings (SSSR count). The van der Waals surface area contributed by atoms with Gasteiger partial charge in [-0.1, -0.05) is 62.4 Å². The van der Waals surface area contributed by atoms with E-state index >= 15 is 4.79 Å². The Morgan fingerprint density at radius 3 is 2.11 bits per heavy atom. The van der Waals surface area contributed by atoms with E-state index in [1.54, 1.807) is 62.4 Å². The zero-order valence-electron chi connectivity index (χ0n) is 34.5. The number of ether oxygens (including phenoxy) is 5. The molecule has 4 aliphatic rings. The van der Waals surface area contributed by atoms with Crippen LogP contribution in [0.15, 0.2) is 94.6 Å². The van der Waals surface area contributed by atoms with Gasteiger partial charge in [-0.2, -0.15) is 0 Å². The van der Waals surface area contributed by atoms with Gasteiger partial charge in [0.25, 0.3) is 5.91 Å². The maximum Gasteiger partial charge on any atom is 0.338 e. The first kappa shape index (κ1) is 43.4. The van der Waals surface area contributed by atoms with Crippen LogP contribution in [0, 0.1) is 16.7 Å². The number of fused-ring (bicyclic) bond motifs is 5. The smallest absolute Gasteiger partial charge is 0.338 e. The largest absolute Gasteiger partial charge is 0.459 e. The van der Waals surface area contributed by atoms with Crippen molar-refractivity contribution in [3.8, 4) is 0 Å². The molecule has 1 saturated heterocycles. The Balaban J connectivity index is 1.39. The van der Waals surface area contributed by atoms with Crippen molar-refractivity contribution in [2.75, 3.05) is 6.61 Å². The lowest BCUT2D eigenvalue weighted by Crippen LogP contribution is -2.82. The minimum atomic E-state index is -2.40. The molecule has 16 nitrogen and oxygen atoms in total. The fourth-order valence-corrected chi connectivity index (χ4v) is 9.99. The van der Waals surface area contributed by atoms with Crippen LogP contribution in [-0.2, 0) is 42.9 Å². The average Bonchev–Trinajstić information content (AvgIpc) is 3.77. The Labute approximate surface area is 351 Å². The van der Waals surface area contributed by atoms with E-state index in [9.17, 15) is 39.3 Å². The van der Waals surface area contributed by atoms with E-state index in [1.807, 2.05) is 0 Å². The van der Waals surface area contributed by atoms with Crippen molar-refractivity contribution in [2.24, 2.45) is 16.7 Å². The first-order valence-corrected chi connectivity index (χ1v) is 20.0. The summed E-state index contributed by atoms with van der Waals surface area (Å²) in [7, 11) is 0. The molecule has 2 heterocycles. The summed E-state index contributed by atoms with van der Waals surface area (Å²) in [6.45, 7) is 7.92.